The number of aromatic nitrogens is 2. The number of nitrogens with zero attached hydrogens (tertiary/aromatic N) is 2. The number of urea groups is 1. The summed E-state index contributed by atoms with van der Waals surface area (Å²) in [5.74, 6) is 0.796. The summed E-state index contributed by atoms with van der Waals surface area (Å²) >= 11 is 2.20. The number of hydrogen-bond donors (Lipinski definition) is 7. The number of carbonyl (C=O) groups excluding carboxylic acids is 1. The van der Waals surface area contributed by atoms with Gasteiger partial charge >= 0.3 is 12.1 Å². The largest absolute Gasteiger partial charge is 0.462 e. The molecule has 4 aromatic rings. The first-order valence-electron chi connectivity index (χ1n) is 13.7. The molecule has 11 nitrogen and oxygen atoms in total. The molecular formula is C30H34IN8O3+. The minimum Gasteiger partial charge on any atom is -0.462 e. The first-order chi connectivity index (χ1) is 20.1. The number of H-pyrrole nitrogens is 1. The first kappa shape index (κ1) is 29.3. The molecular weight excluding hydrogens is 647 g/mol. The fraction of sp³-hybridized carbons (Fsp3) is 0.267. The molecule has 218 valence electrons. The SMILES string of the molecule is Cc1nc2ccc([N+]3(NC(=O)O)CCC(NC(=O)Nc4cccc(I)c4)CC3CCc3ccc(C(=N)N)cc3)cc2[nH]1. The molecule has 1 fully saturated rings. The van der Waals surface area contributed by atoms with Gasteiger partial charge in [-0.25, -0.2) is 14.6 Å². The lowest BCUT2D eigenvalue weighted by Gasteiger charge is -2.47. The average Bonchev–Trinajstić information content (AvgIpc) is 3.32. The Morgan fingerprint density at radius 3 is 2.67 bits per heavy atom. The predicted octanol–water partition coefficient (Wildman–Crippen LogP) is 5.24. The maximum atomic E-state index is 12.9. The summed E-state index contributed by atoms with van der Waals surface area (Å²) in [5.41, 5.74) is 13.4. The Morgan fingerprint density at radius 2 is 1.95 bits per heavy atom. The molecule has 0 radical (unpaired) electrons. The van der Waals surface area contributed by atoms with Crippen LogP contribution < -0.4 is 26.4 Å². The van der Waals surface area contributed by atoms with Crippen molar-refractivity contribution in [3.63, 3.8) is 0 Å². The second-order valence-electron chi connectivity index (χ2n) is 10.7. The van der Waals surface area contributed by atoms with Gasteiger partial charge in [0.05, 0.1) is 11.0 Å². The van der Waals surface area contributed by atoms with Gasteiger partial charge < -0.3 is 26.5 Å². The molecule has 1 saturated heterocycles. The molecule has 12 heteroatoms. The van der Waals surface area contributed by atoms with Crippen molar-refractivity contribution in [2.24, 2.45) is 5.73 Å². The molecule has 3 unspecified atom stereocenters. The van der Waals surface area contributed by atoms with Crippen molar-refractivity contribution in [3.05, 3.63) is 87.3 Å². The van der Waals surface area contributed by atoms with Crippen molar-refractivity contribution in [3.8, 4) is 0 Å². The highest BCUT2D eigenvalue weighted by molar-refractivity contribution is 14.1. The highest BCUT2D eigenvalue weighted by Gasteiger charge is 2.47. The molecule has 1 aliphatic heterocycles. The van der Waals surface area contributed by atoms with Gasteiger partial charge in [-0.1, -0.05) is 30.3 Å². The lowest BCUT2D eigenvalue weighted by atomic mass is 9.90. The minimum atomic E-state index is -1.12. The molecule has 3 atom stereocenters. The van der Waals surface area contributed by atoms with Gasteiger partial charge in [0.25, 0.3) is 0 Å². The minimum absolute atomic E-state index is 0.0111. The summed E-state index contributed by atoms with van der Waals surface area (Å²) in [6.45, 7) is 2.34. The van der Waals surface area contributed by atoms with Crippen LogP contribution in [0.2, 0.25) is 0 Å². The monoisotopic (exact) mass is 681 g/mol. The molecule has 8 N–H and O–H groups in total. The zero-order valence-corrected chi connectivity index (χ0v) is 25.3. The van der Waals surface area contributed by atoms with E-state index in [0.29, 0.717) is 43.5 Å². The van der Waals surface area contributed by atoms with Gasteiger partial charge in [-0.05, 0) is 65.8 Å². The van der Waals surface area contributed by atoms with Crippen LogP contribution in [0.4, 0.5) is 21.0 Å². The van der Waals surface area contributed by atoms with Crippen molar-refractivity contribution in [1.29, 1.82) is 5.41 Å². The van der Waals surface area contributed by atoms with Gasteiger partial charge in [0.15, 0.2) is 5.69 Å². The zero-order chi connectivity index (χ0) is 29.9. The maximum Gasteiger partial charge on any atom is 0.449 e. The number of amides is 3. The summed E-state index contributed by atoms with van der Waals surface area (Å²) < 4.78 is 1.05. The Hall–Kier alpha value is -4.17. The van der Waals surface area contributed by atoms with E-state index in [4.69, 9.17) is 11.1 Å². The van der Waals surface area contributed by atoms with E-state index in [-0.39, 0.29) is 28.5 Å². The standard InChI is InChI=1S/C30H33IN8O3/c1-18-34-26-12-11-25(17-27(26)35-18)39(38-30(41)42)14-13-23(37-29(40)36-22-4-2-3-21(31)15-22)16-24(39)10-7-19-5-8-20(9-6-19)28(32)33/h2-6,8-9,11-12,15,17,23-24,38H,7,10,13-14,16H2,1H3,(H6-,32,33,34,35,36,37,40,41,42)/p+1. The third-order valence-electron chi connectivity index (χ3n) is 7.80. The van der Waals surface area contributed by atoms with Crippen molar-refractivity contribution < 1.29 is 14.7 Å². The fourth-order valence-corrected chi connectivity index (χ4v) is 6.38. The third-order valence-corrected chi connectivity index (χ3v) is 8.47. The number of benzene rings is 3. The molecule has 42 heavy (non-hydrogen) atoms. The van der Waals surface area contributed by atoms with E-state index in [0.717, 1.165) is 31.7 Å². The van der Waals surface area contributed by atoms with Crippen LogP contribution in [-0.2, 0) is 6.42 Å². The van der Waals surface area contributed by atoms with E-state index in [2.05, 4.69) is 48.6 Å². The lowest BCUT2D eigenvalue weighted by Crippen LogP contribution is -2.71. The second kappa shape index (κ2) is 12.4. The smallest absolute Gasteiger partial charge is 0.449 e. The van der Waals surface area contributed by atoms with Crippen LogP contribution in [0.15, 0.2) is 66.7 Å². The van der Waals surface area contributed by atoms with Gasteiger partial charge in [0, 0.05) is 52.3 Å². The highest BCUT2D eigenvalue weighted by Crippen LogP contribution is 2.35. The molecule has 3 amide bonds. The number of carboxylic acid groups (broad SMARTS) is 1. The summed E-state index contributed by atoms with van der Waals surface area (Å²) in [7, 11) is 0. The van der Waals surface area contributed by atoms with Gasteiger partial charge in [0.1, 0.15) is 24.2 Å². The van der Waals surface area contributed by atoms with Crippen molar-refractivity contribution >= 4 is 63.0 Å². The summed E-state index contributed by atoms with van der Waals surface area (Å²) in [4.78, 5) is 33.0. The van der Waals surface area contributed by atoms with Gasteiger partial charge in [-0.3, -0.25) is 5.41 Å². The number of carbonyl (C=O) groups is 2. The van der Waals surface area contributed by atoms with E-state index in [1.165, 1.54) is 0 Å². The zero-order valence-electron chi connectivity index (χ0n) is 23.2. The van der Waals surface area contributed by atoms with E-state index in [9.17, 15) is 14.7 Å². The molecule has 2 heterocycles. The Bertz CT molecular complexity index is 1620. The van der Waals surface area contributed by atoms with Gasteiger partial charge in [0.2, 0.25) is 0 Å². The second-order valence-corrected chi connectivity index (χ2v) is 11.9. The van der Waals surface area contributed by atoms with E-state index >= 15 is 0 Å². The summed E-state index contributed by atoms with van der Waals surface area (Å²) in [6, 6.07) is 20.3. The number of nitrogens with two attached hydrogens (primary N) is 1. The Kier molecular flexibility index (Phi) is 8.64. The maximum absolute atomic E-state index is 12.9. The predicted molar refractivity (Wildman–Crippen MR) is 173 cm³/mol. The topological polar surface area (TPSA) is 169 Å². The number of quaternary nitrogens is 1. The number of nitrogen functional groups attached to an aromatic ring is 1. The normalized spacial score (nSPS) is 20.1. The highest BCUT2D eigenvalue weighted by atomic mass is 127. The number of rotatable bonds is 8. The number of fused-ring (bicyclic) bond motifs is 1. The molecule has 0 saturated carbocycles. The van der Waals surface area contributed by atoms with Crippen LogP contribution >= 0.6 is 22.6 Å². The molecule has 1 aliphatic rings. The first-order valence-corrected chi connectivity index (χ1v) is 14.8. The lowest BCUT2D eigenvalue weighted by molar-refractivity contribution is 0.0685. The van der Waals surface area contributed by atoms with Crippen LogP contribution in [-0.4, -0.2) is 51.7 Å². The van der Waals surface area contributed by atoms with Crippen LogP contribution in [0.5, 0.6) is 0 Å². The van der Waals surface area contributed by atoms with E-state index in [1.54, 1.807) is 0 Å². The fourth-order valence-electron chi connectivity index (χ4n) is 5.84. The number of halogens is 1. The molecule has 0 spiro atoms. The number of piperidine rings is 1. The Morgan fingerprint density at radius 1 is 1.17 bits per heavy atom. The average molecular weight is 682 g/mol. The Balaban J connectivity index is 1.43. The van der Waals surface area contributed by atoms with E-state index in [1.807, 2.05) is 73.7 Å². The quantitative estimate of drug-likeness (QED) is 0.0584. The molecule has 3 aromatic carbocycles. The molecule has 5 rings (SSSR count). The van der Waals surface area contributed by atoms with Crippen molar-refractivity contribution in [1.82, 2.24) is 25.3 Å². The number of anilines is 1. The Labute approximate surface area is 257 Å². The van der Waals surface area contributed by atoms with Gasteiger partial charge in [-0.2, -0.15) is 10.0 Å². The number of amidine groups is 1. The molecule has 0 bridgehead atoms. The number of hydrogen-bond acceptors (Lipinski definition) is 4. The van der Waals surface area contributed by atoms with Gasteiger partial charge in [-0.15, -0.1) is 0 Å². The van der Waals surface area contributed by atoms with Crippen LogP contribution in [0.1, 0.15) is 36.2 Å². The van der Waals surface area contributed by atoms with Crippen LogP contribution in [0.3, 0.4) is 0 Å². The third kappa shape index (κ3) is 6.65. The number of aromatic amines is 1. The molecule has 0 aliphatic carbocycles. The van der Waals surface area contributed by atoms with Crippen LogP contribution in [0.25, 0.3) is 11.0 Å². The number of nitrogens with one attached hydrogen (secondary N) is 5. The van der Waals surface area contributed by atoms with Crippen molar-refractivity contribution in [2.45, 2.75) is 44.7 Å². The summed E-state index contributed by atoms with van der Waals surface area (Å²) in [5, 5.41) is 23.7. The number of aryl methyl sites for hydroxylation is 2. The summed E-state index contributed by atoms with van der Waals surface area (Å²) in [6.07, 6.45) is 1.34. The van der Waals surface area contributed by atoms with E-state index < -0.39 is 6.09 Å². The van der Waals surface area contributed by atoms with Crippen LogP contribution in [0, 0.1) is 15.9 Å². The molecule has 1 aromatic heterocycles. The van der Waals surface area contributed by atoms with Crippen molar-refractivity contribution in [2.75, 3.05) is 11.9 Å². The number of imidazole rings is 1.